The number of amides is 1. The highest BCUT2D eigenvalue weighted by Gasteiger charge is 2.29. The average Bonchev–Trinajstić information content (AvgIpc) is 2.46. The summed E-state index contributed by atoms with van der Waals surface area (Å²) >= 11 is 0. The maximum absolute atomic E-state index is 12.8. The van der Waals surface area contributed by atoms with Crippen molar-refractivity contribution in [1.29, 1.82) is 0 Å². The first-order valence-corrected chi connectivity index (χ1v) is 7.39. The van der Waals surface area contributed by atoms with Crippen molar-refractivity contribution >= 4 is 11.6 Å². The van der Waals surface area contributed by atoms with Crippen molar-refractivity contribution in [2.75, 3.05) is 12.5 Å². The molecule has 1 aliphatic rings. The molecule has 0 aliphatic heterocycles. The highest BCUT2D eigenvalue weighted by molar-refractivity contribution is 5.99. The fourth-order valence-electron chi connectivity index (χ4n) is 3.17. The lowest BCUT2D eigenvalue weighted by Crippen LogP contribution is -2.42. The third kappa shape index (κ3) is 2.96. The van der Waals surface area contributed by atoms with Crippen molar-refractivity contribution in [3.05, 3.63) is 29.3 Å². The van der Waals surface area contributed by atoms with E-state index in [-0.39, 0.29) is 5.91 Å². The molecule has 1 fully saturated rings. The smallest absolute Gasteiger partial charge is 0.256 e. The lowest BCUT2D eigenvalue weighted by Gasteiger charge is -2.36. The average molecular weight is 275 g/mol. The number of nitrogens with two attached hydrogens (primary N) is 1. The van der Waals surface area contributed by atoms with Gasteiger partial charge in [-0.25, -0.2) is 0 Å². The first-order chi connectivity index (χ1) is 9.54. The Morgan fingerprint density at radius 3 is 2.70 bits per heavy atom. The maximum atomic E-state index is 12.8. The Balaban J connectivity index is 2.23. The summed E-state index contributed by atoms with van der Waals surface area (Å²) in [4.78, 5) is 14.7. The van der Waals surface area contributed by atoms with E-state index in [2.05, 4.69) is 12.3 Å². The monoisotopic (exact) mass is 275 g/mol. The van der Waals surface area contributed by atoms with Crippen LogP contribution in [0.25, 0.3) is 0 Å². The molecule has 3 N–H and O–H groups in total. The molecule has 0 heterocycles. The van der Waals surface area contributed by atoms with E-state index in [0.29, 0.717) is 23.2 Å². The van der Waals surface area contributed by atoms with Crippen molar-refractivity contribution in [3.8, 4) is 0 Å². The van der Waals surface area contributed by atoms with Crippen LogP contribution in [0.1, 0.15) is 48.5 Å². The first kappa shape index (κ1) is 14.9. The number of benzene rings is 1. The molecule has 20 heavy (non-hydrogen) atoms. The quantitative estimate of drug-likeness (QED) is 0.658. The van der Waals surface area contributed by atoms with E-state index in [1.54, 1.807) is 0 Å². The molecule has 1 amide bonds. The zero-order valence-corrected chi connectivity index (χ0v) is 12.6. The number of hydrazine groups is 1. The van der Waals surface area contributed by atoms with Gasteiger partial charge in [0.25, 0.3) is 5.91 Å². The fourth-order valence-corrected chi connectivity index (χ4v) is 3.17. The molecule has 0 spiro atoms. The predicted molar refractivity (Wildman–Crippen MR) is 82.5 cm³/mol. The molecule has 0 radical (unpaired) electrons. The number of aryl methyl sites for hydroxylation is 1. The van der Waals surface area contributed by atoms with Gasteiger partial charge in [0, 0.05) is 13.1 Å². The summed E-state index contributed by atoms with van der Waals surface area (Å²) in [5.74, 6) is 6.15. The van der Waals surface area contributed by atoms with Crippen LogP contribution in [0, 0.1) is 12.8 Å². The van der Waals surface area contributed by atoms with Crippen LogP contribution in [0.5, 0.6) is 0 Å². The number of carbonyl (C=O) groups is 1. The number of hydrogen-bond acceptors (Lipinski definition) is 3. The summed E-state index contributed by atoms with van der Waals surface area (Å²) in [5.41, 5.74) is 5.04. The molecule has 1 aromatic carbocycles. The molecular weight excluding hydrogens is 250 g/mol. The molecule has 110 valence electrons. The van der Waals surface area contributed by atoms with Gasteiger partial charge in [-0.1, -0.05) is 31.4 Å². The van der Waals surface area contributed by atoms with Crippen LogP contribution < -0.4 is 11.3 Å². The summed E-state index contributed by atoms with van der Waals surface area (Å²) in [5, 5.41) is 0. The van der Waals surface area contributed by atoms with Gasteiger partial charge in [0.2, 0.25) is 0 Å². The number of nitrogens with one attached hydrogen (secondary N) is 1. The van der Waals surface area contributed by atoms with Crippen LogP contribution >= 0.6 is 0 Å². The van der Waals surface area contributed by atoms with Gasteiger partial charge in [0.15, 0.2) is 0 Å². The topological polar surface area (TPSA) is 58.4 Å². The molecule has 4 heteroatoms. The second-order valence-corrected chi connectivity index (χ2v) is 5.94. The van der Waals surface area contributed by atoms with Crippen molar-refractivity contribution in [1.82, 2.24) is 4.90 Å². The standard InChI is InChI=1S/C16H25N3O/c1-11-8-9-14(18-17)13(10-11)16(20)19(3)15-7-5-4-6-12(15)2/h8-10,12,15,18H,4-7,17H2,1-3H3. The maximum Gasteiger partial charge on any atom is 0.256 e. The summed E-state index contributed by atoms with van der Waals surface area (Å²) in [6, 6.07) is 6.06. The Hall–Kier alpha value is -1.55. The molecule has 1 aliphatic carbocycles. The van der Waals surface area contributed by atoms with E-state index in [4.69, 9.17) is 5.84 Å². The zero-order chi connectivity index (χ0) is 14.7. The molecule has 2 rings (SSSR count). The second kappa shape index (κ2) is 6.27. The first-order valence-electron chi connectivity index (χ1n) is 7.39. The Labute approximate surface area is 121 Å². The van der Waals surface area contributed by atoms with Gasteiger partial charge < -0.3 is 10.3 Å². The summed E-state index contributed by atoms with van der Waals surface area (Å²) in [6.07, 6.45) is 4.79. The highest BCUT2D eigenvalue weighted by Crippen LogP contribution is 2.29. The number of nitrogen functional groups attached to an aromatic ring is 1. The van der Waals surface area contributed by atoms with Gasteiger partial charge >= 0.3 is 0 Å². The Bertz CT molecular complexity index is 487. The highest BCUT2D eigenvalue weighted by atomic mass is 16.2. The summed E-state index contributed by atoms with van der Waals surface area (Å²) < 4.78 is 0. The van der Waals surface area contributed by atoms with E-state index < -0.39 is 0 Å². The minimum Gasteiger partial charge on any atom is -0.338 e. The van der Waals surface area contributed by atoms with Crippen molar-refractivity contribution < 1.29 is 4.79 Å². The van der Waals surface area contributed by atoms with Gasteiger partial charge in [-0.05, 0) is 37.8 Å². The van der Waals surface area contributed by atoms with Crippen molar-refractivity contribution in [2.45, 2.75) is 45.6 Å². The number of hydrogen-bond donors (Lipinski definition) is 2. The predicted octanol–water partition coefficient (Wildman–Crippen LogP) is 2.93. The SMILES string of the molecule is Cc1ccc(NN)c(C(=O)N(C)C2CCCCC2C)c1. The number of carbonyl (C=O) groups excluding carboxylic acids is 1. The molecule has 4 nitrogen and oxygen atoms in total. The molecular formula is C16H25N3O. The normalized spacial score (nSPS) is 22.4. The van der Waals surface area contributed by atoms with E-state index in [1.165, 1.54) is 19.3 Å². The Morgan fingerprint density at radius 1 is 1.35 bits per heavy atom. The third-order valence-electron chi connectivity index (χ3n) is 4.44. The second-order valence-electron chi connectivity index (χ2n) is 5.94. The van der Waals surface area contributed by atoms with Crippen LogP contribution in [-0.2, 0) is 0 Å². The van der Waals surface area contributed by atoms with E-state index in [9.17, 15) is 4.79 Å². The minimum absolute atomic E-state index is 0.0559. The lowest BCUT2D eigenvalue weighted by atomic mass is 9.85. The van der Waals surface area contributed by atoms with Crippen LogP contribution in [-0.4, -0.2) is 23.9 Å². The Morgan fingerprint density at radius 2 is 2.05 bits per heavy atom. The van der Waals surface area contributed by atoms with Gasteiger partial charge in [0.05, 0.1) is 11.3 Å². The molecule has 2 atom stereocenters. The molecule has 0 bridgehead atoms. The fraction of sp³-hybridized carbons (Fsp3) is 0.562. The van der Waals surface area contributed by atoms with Crippen molar-refractivity contribution in [3.63, 3.8) is 0 Å². The summed E-state index contributed by atoms with van der Waals surface area (Å²) in [7, 11) is 1.91. The van der Waals surface area contributed by atoms with Crippen molar-refractivity contribution in [2.24, 2.45) is 11.8 Å². The van der Waals surface area contributed by atoms with Gasteiger partial charge in [-0.2, -0.15) is 0 Å². The summed E-state index contributed by atoms with van der Waals surface area (Å²) in [6.45, 7) is 4.23. The molecule has 1 aromatic rings. The van der Waals surface area contributed by atoms with Crippen LogP contribution in [0.3, 0.4) is 0 Å². The van der Waals surface area contributed by atoms with Crippen LogP contribution in [0.15, 0.2) is 18.2 Å². The van der Waals surface area contributed by atoms with Gasteiger partial charge in [0.1, 0.15) is 0 Å². The number of nitrogens with zero attached hydrogens (tertiary/aromatic N) is 1. The minimum atomic E-state index is 0.0559. The third-order valence-corrected chi connectivity index (χ3v) is 4.44. The van der Waals surface area contributed by atoms with Gasteiger partial charge in [-0.3, -0.25) is 10.6 Å². The largest absolute Gasteiger partial charge is 0.338 e. The van der Waals surface area contributed by atoms with Crippen LogP contribution in [0.4, 0.5) is 5.69 Å². The lowest BCUT2D eigenvalue weighted by molar-refractivity contribution is 0.0630. The van der Waals surface area contributed by atoms with E-state index >= 15 is 0 Å². The van der Waals surface area contributed by atoms with Gasteiger partial charge in [-0.15, -0.1) is 0 Å². The molecule has 2 unspecified atom stereocenters. The van der Waals surface area contributed by atoms with E-state index in [0.717, 1.165) is 12.0 Å². The molecule has 0 saturated heterocycles. The van der Waals surface area contributed by atoms with E-state index in [1.807, 2.05) is 37.1 Å². The molecule has 0 aromatic heterocycles. The van der Waals surface area contributed by atoms with Crippen LogP contribution in [0.2, 0.25) is 0 Å². The number of anilines is 1. The Kier molecular flexibility index (Phi) is 4.65. The molecule has 1 saturated carbocycles. The number of rotatable bonds is 3. The zero-order valence-electron chi connectivity index (χ0n) is 12.6.